The Balaban J connectivity index is 1.71. The van der Waals surface area contributed by atoms with Gasteiger partial charge < -0.3 is 15.1 Å². The normalized spacial score (nSPS) is 26.6. The number of aryl methyl sites for hydroxylation is 1. The highest BCUT2D eigenvalue weighted by Gasteiger charge is 2.39. The summed E-state index contributed by atoms with van der Waals surface area (Å²) in [7, 11) is 0. The van der Waals surface area contributed by atoms with E-state index in [0.29, 0.717) is 12.6 Å². The van der Waals surface area contributed by atoms with Crippen LogP contribution in [0.25, 0.3) is 0 Å². The fraction of sp³-hybridized carbons (Fsp3) is 0.667. The van der Waals surface area contributed by atoms with Crippen LogP contribution in [0, 0.1) is 12.8 Å². The molecule has 19 heavy (non-hydrogen) atoms. The Labute approximate surface area is 113 Å². The molecule has 1 aromatic heterocycles. The number of hydrogen-bond donors (Lipinski definition) is 1. The third-order valence-corrected chi connectivity index (χ3v) is 4.28. The molecule has 2 saturated carbocycles. The number of furan rings is 1. The van der Waals surface area contributed by atoms with Gasteiger partial charge in [-0.05, 0) is 44.7 Å². The third kappa shape index (κ3) is 2.68. The quantitative estimate of drug-likeness (QED) is 0.905. The van der Waals surface area contributed by atoms with E-state index in [1.165, 1.54) is 0 Å². The van der Waals surface area contributed by atoms with Crippen LogP contribution in [0.15, 0.2) is 16.5 Å². The molecule has 104 valence electrons. The van der Waals surface area contributed by atoms with Gasteiger partial charge in [-0.1, -0.05) is 6.42 Å². The first-order valence-electron chi connectivity index (χ1n) is 7.26. The molecule has 2 atom stereocenters. The monoisotopic (exact) mass is 262 g/mol. The maximum Gasteiger partial charge on any atom is 0.227 e. The lowest BCUT2D eigenvalue weighted by atomic mass is 10.0. The average molecular weight is 262 g/mol. The van der Waals surface area contributed by atoms with Crippen molar-refractivity contribution in [1.82, 2.24) is 4.90 Å². The first-order chi connectivity index (χ1) is 9.15. The summed E-state index contributed by atoms with van der Waals surface area (Å²) in [5.41, 5.74) is 6.06. The SMILES string of the molecule is Cc1ccc(CN(C(=O)C2CCCC2N)C2CC2)o1. The summed E-state index contributed by atoms with van der Waals surface area (Å²) in [5.74, 6) is 2.04. The Bertz CT molecular complexity index is 464. The van der Waals surface area contributed by atoms with E-state index in [9.17, 15) is 4.79 Å². The van der Waals surface area contributed by atoms with Crippen molar-refractivity contribution in [3.05, 3.63) is 23.7 Å². The van der Waals surface area contributed by atoms with E-state index >= 15 is 0 Å². The zero-order valence-electron chi connectivity index (χ0n) is 11.5. The standard InChI is InChI=1S/C15H22N2O2/c1-10-5-8-12(19-10)9-17(11-6-7-11)15(18)13-3-2-4-14(13)16/h5,8,11,13-14H,2-4,6-7,9,16H2,1H3. The molecular formula is C15H22N2O2. The Morgan fingerprint density at radius 2 is 2.16 bits per heavy atom. The molecule has 2 fully saturated rings. The van der Waals surface area contributed by atoms with Crippen LogP contribution < -0.4 is 5.73 Å². The van der Waals surface area contributed by atoms with Crippen molar-refractivity contribution in [2.45, 2.75) is 57.7 Å². The van der Waals surface area contributed by atoms with Crippen molar-refractivity contribution in [3.63, 3.8) is 0 Å². The van der Waals surface area contributed by atoms with Crippen LogP contribution in [0.1, 0.15) is 43.6 Å². The second-order valence-corrected chi connectivity index (χ2v) is 5.91. The number of hydrogen-bond acceptors (Lipinski definition) is 3. The molecule has 1 heterocycles. The fourth-order valence-electron chi connectivity index (χ4n) is 3.02. The van der Waals surface area contributed by atoms with E-state index < -0.39 is 0 Å². The molecule has 0 aliphatic heterocycles. The predicted molar refractivity (Wildman–Crippen MR) is 72.3 cm³/mol. The molecule has 2 unspecified atom stereocenters. The minimum Gasteiger partial charge on any atom is -0.464 e. The summed E-state index contributed by atoms with van der Waals surface area (Å²) in [4.78, 5) is 14.6. The summed E-state index contributed by atoms with van der Waals surface area (Å²) >= 11 is 0. The highest BCUT2D eigenvalue weighted by atomic mass is 16.3. The Morgan fingerprint density at radius 1 is 1.37 bits per heavy atom. The van der Waals surface area contributed by atoms with Gasteiger partial charge >= 0.3 is 0 Å². The molecule has 0 radical (unpaired) electrons. The summed E-state index contributed by atoms with van der Waals surface area (Å²) in [6, 6.07) is 4.37. The van der Waals surface area contributed by atoms with Crippen LogP contribution >= 0.6 is 0 Å². The number of carbonyl (C=O) groups is 1. The third-order valence-electron chi connectivity index (χ3n) is 4.28. The van der Waals surface area contributed by atoms with Gasteiger partial charge in [0, 0.05) is 12.1 Å². The van der Waals surface area contributed by atoms with Gasteiger partial charge in [0.1, 0.15) is 11.5 Å². The van der Waals surface area contributed by atoms with E-state index in [1.54, 1.807) is 0 Å². The molecule has 1 amide bonds. The number of amides is 1. The molecule has 0 saturated heterocycles. The van der Waals surface area contributed by atoms with E-state index in [4.69, 9.17) is 10.2 Å². The zero-order valence-corrected chi connectivity index (χ0v) is 11.5. The maximum absolute atomic E-state index is 12.7. The molecule has 2 N–H and O–H groups in total. The molecular weight excluding hydrogens is 240 g/mol. The molecule has 2 aliphatic carbocycles. The molecule has 0 aromatic carbocycles. The second kappa shape index (κ2) is 5.00. The second-order valence-electron chi connectivity index (χ2n) is 5.91. The smallest absolute Gasteiger partial charge is 0.227 e. The summed E-state index contributed by atoms with van der Waals surface area (Å²) in [5, 5.41) is 0. The average Bonchev–Trinajstić information content (AvgIpc) is 3.01. The van der Waals surface area contributed by atoms with Crippen LogP contribution in [0.3, 0.4) is 0 Å². The summed E-state index contributed by atoms with van der Waals surface area (Å²) in [6.07, 6.45) is 5.24. The molecule has 1 aromatic rings. The number of rotatable bonds is 4. The van der Waals surface area contributed by atoms with Crippen molar-refractivity contribution in [2.75, 3.05) is 0 Å². The van der Waals surface area contributed by atoms with Crippen LogP contribution in [0.5, 0.6) is 0 Å². The highest BCUT2D eigenvalue weighted by Crippen LogP contribution is 2.33. The largest absolute Gasteiger partial charge is 0.464 e. The molecule has 2 aliphatic rings. The number of carbonyl (C=O) groups excluding carboxylic acids is 1. The summed E-state index contributed by atoms with van der Waals surface area (Å²) < 4.78 is 5.61. The summed E-state index contributed by atoms with van der Waals surface area (Å²) in [6.45, 7) is 2.53. The van der Waals surface area contributed by atoms with Gasteiger partial charge in [0.15, 0.2) is 0 Å². The van der Waals surface area contributed by atoms with Gasteiger partial charge in [-0.15, -0.1) is 0 Å². The van der Waals surface area contributed by atoms with Crippen molar-refractivity contribution in [3.8, 4) is 0 Å². The number of nitrogens with two attached hydrogens (primary N) is 1. The molecule has 0 bridgehead atoms. The van der Waals surface area contributed by atoms with Gasteiger partial charge in [-0.2, -0.15) is 0 Å². The van der Waals surface area contributed by atoms with Gasteiger partial charge in [-0.3, -0.25) is 4.79 Å². The van der Waals surface area contributed by atoms with Crippen LogP contribution in [0.4, 0.5) is 0 Å². The van der Waals surface area contributed by atoms with E-state index in [0.717, 1.165) is 43.6 Å². The van der Waals surface area contributed by atoms with Crippen molar-refractivity contribution in [1.29, 1.82) is 0 Å². The zero-order chi connectivity index (χ0) is 13.4. The molecule has 3 rings (SSSR count). The minimum absolute atomic E-state index is 0.0247. The molecule has 0 spiro atoms. The Kier molecular flexibility index (Phi) is 3.35. The van der Waals surface area contributed by atoms with Crippen molar-refractivity contribution in [2.24, 2.45) is 11.7 Å². The van der Waals surface area contributed by atoms with Crippen LogP contribution in [0.2, 0.25) is 0 Å². The van der Waals surface area contributed by atoms with Crippen molar-refractivity contribution < 1.29 is 9.21 Å². The first-order valence-corrected chi connectivity index (χ1v) is 7.26. The maximum atomic E-state index is 12.7. The molecule has 4 nitrogen and oxygen atoms in total. The van der Waals surface area contributed by atoms with E-state index in [-0.39, 0.29) is 17.9 Å². The number of nitrogens with zero attached hydrogens (tertiary/aromatic N) is 1. The lowest BCUT2D eigenvalue weighted by molar-refractivity contribution is -0.137. The Hall–Kier alpha value is -1.29. The molecule has 4 heteroatoms. The van der Waals surface area contributed by atoms with Gasteiger partial charge in [0.25, 0.3) is 0 Å². The minimum atomic E-state index is 0.0247. The van der Waals surface area contributed by atoms with Gasteiger partial charge in [0.2, 0.25) is 5.91 Å². The topological polar surface area (TPSA) is 59.5 Å². The van der Waals surface area contributed by atoms with E-state index in [1.807, 2.05) is 24.0 Å². The van der Waals surface area contributed by atoms with Crippen molar-refractivity contribution >= 4 is 5.91 Å². The van der Waals surface area contributed by atoms with Gasteiger partial charge in [0.05, 0.1) is 12.5 Å². The fourth-order valence-corrected chi connectivity index (χ4v) is 3.02. The van der Waals surface area contributed by atoms with Crippen LogP contribution in [-0.2, 0) is 11.3 Å². The lowest BCUT2D eigenvalue weighted by Crippen LogP contribution is -2.42. The van der Waals surface area contributed by atoms with Gasteiger partial charge in [-0.25, -0.2) is 0 Å². The highest BCUT2D eigenvalue weighted by molar-refractivity contribution is 5.80. The van der Waals surface area contributed by atoms with E-state index in [2.05, 4.69) is 0 Å². The first kappa shape index (κ1) is 12.7. The Morgan fingerprint density at radius 3 is 2.68 bits per heavy atom. The predicted octanol–water partition coefficient (Wildman–Crippen LogP) is 2.21. The lowest BCUT2D eigenvalue weighted by Gasteiger charge is -2.26. The van der Waals surface area contributed by atoms with Crippen LogP contribution in [-0.4, -0.2) is 22.9 Å².